The lowest BCUT2D eigenvalue weighted by atomic mass is 10.3. The average molecular weight is 247 g/mol. The van der Waals surface area contributed by atoms with E-state index in [0.717, 1.165) is 0 Å². The van der Waals surface area contributed by atoms with Crippen molar-refractivity contribution in [3.05, 3.63) is 17.5 Å². The van der Waals surface area contributed by atoms with Crippen LogP contribution in [0.2, 0.25) is 0 Å². The number of nitrogens with zero attached hydrogens (tertiary/aromatic N) is 2. The van der Waals surface area contributed by atoms with Crippen LogP contribution in [0.4, 0.5) is 8.78 Å². The summed E-state index contributed by atoms with van der Waals surface area (Å²) in [4.78, 5) is 11.6. The SMILES string of the molecule is CCc1cc(C(=O)NCC(F)(F)CO)n(C)n1. The van der Waals surface area contributed by atoms with Crippen molar-refractivity contribution in [1.29, 1.82) is 0 Å². The molecule has 0 aliphatic carbocycles. The number of nitrogens with one attached hydrogen (secondary N) is 1. The predicted octanol–water partition coefficient (Wildman–Crippen LogP) is 0.340. The molecule has 2 N–H and O–H groups in total. The zero-order valence-corrected chi connectivity index (χ0v) is 9.70. The van der Waals surface area contributed by atoms with Crippen LogP contribution in [-0.2, 0) is 13.5 Å². The number of hydrogen-bond donors (Lipinski definition) is 2. The van der Waals surface area contributed by atoms with E-state index in [1.165, 1.54) is 4.68 Å². The minimum atomic E-state index is -3.30. The first-order chi connectivity index (χ1) is 7.89. The molecule has 1 aromatic heterocycles. The van der Waals surface area contributed by atoms with Crippen LogP contribution in [-0.4, -0.2) is 39.9 Å². The number of alkyl halides is 2. The van der Waals surface area contributed by atoms with E-state index in [1.54, 1.807) is 13.1 Å². The summed E-state index contributed by atoms with van der Waals surface area (Å²) in [7, 11) is 1.57. The Kier molecular flexibility index (Phi) is 4.17. The van der Waals surface area contributed by atoms with Crippen LogP contribution >= 0.6 is 0 Å². The van der Waals surface area contributed by atoms with Gasteiger partial charge in [-0.05, 0) is 12.5 Å². The van der Waals surface area contributed by atoms with Gasteiger partial charge in [0.15, 0.2) is 0 Å². The second-order valence-electron chi connectivity index (χ2n) is 3.69. The Hall–Kier alpha value is -1.50. The molecule has 0 atom stereocenters. The van der Waals surface area contributed by atoms with Crippen molar-refractivity contribution in [2.45, 2.75) is 19.3 Å². The highest BCUT2D eigenvalue weighted by Crippen LogP contribution is 2.10. The van der Waals surface area contributed by atoms with Crippen molar-refractivity contribution in [2.24, 2.45) is 7.05 Å². The van der Waals surface area contributed by atoms with E-state index in [0.29, 0.717) is 12.1 Å². The molecule has 5 nitrogen and oxygen atoms in total. The number of aryl methyl sites for hydroxylation is 2. The summed E-state index contributed by atoms with van der Waals surface area (Å²) >= 11 is 0. The Morgan fingerprint density at radius 1 is 1.65 bits per heavy atom. The molecule has 0 radical (unpaired) electrons. The van der Waals surface area contributed by atoms with E-state index < -0.39 is 25.0 Å². The van der Waals surface area contributed by atoms with Gasteiger partial charge in [-0.25, -0.2) is 8.78 Å². The normalized spacial score (nSPS) is 11.6. The molecule has 1 amide bonds. The van der Waals surface area contributed by atoms with Gasteiger partial charge in [0, 0.05) is 7.05 Å². The molecule has 0 aliphatic heterocycles. The number of amides is 1. The first-order valence-electron chi connectivity index (χ1n) is 5.19. The van der Waals surface area contributed by atoms with Crippen LogP contribution in [0.25, 0.3) is 0 Å². The zero-order valence-electron chi connectivity index (χ0n) is 9.70. The lowest BCUT2D eigenvalue weighted by molar-refractivity contribution is -0.0462. The van der Waals surface area contributed by atoms with Crippen molar-refractivity contribution < 1.29 is 18.7 Å². The highest BCUT2D eigenvalue weighted by Gasteiger charge is 2.28. The van der Waals surface area contributed by atoms with Crippen molar-refractivity contribution in [3.8, 4) is 0 Å². The molecule has 0 saturated carbocycles. The Balaban J connectivity index is 2.67. The molecular formula is C10H15F2N3O2. The first-order valence-corrected chi connectivity index (χ1v) is 5.19. The lowest BCUT2D eigenvalue weighted by Gasteiger charge is -2.13. The molecule has 0 saturated heterocycles. The number of aliphatic hydroxyl groups excluding tert-OH is 1. The largest absolute Gasteiger partial charge is 0.390 e. The molecule has 17 heavy (non-hydrogen) atoms. The Morgan fingerprint density at radius 2 is 2.29 bits per heavy atom. The van der Waals surface area contributed by atoms with Crippen LogP contribution < -0.4 is 5.32 Å². The van der Waals surface area contributed by atoms with E-state index in [4.69, 9.17) is 5.11 Å². The topological polar surface area (TPSA) is 67.2 Å². The van der Waals surface area contributed by atoms with Gasteiger partial charge >= 0.3 is 0 Å². The maximum absolute atomic E-state index is 12.7. The highest BCUT2D eigenvalue weighted by atomic mass is 19.3. The fourth-order valence-electron chi connectivity index (χ4n) is 1.27. The van der Waals surface area contributed by atoms with Gasteiger partial charge in [0.25, 0.3) is 11.8 Å². The molecule has 1 heterocycles. The third kappa shape index (κ3) is 3.48. The van der Waals surface area contributed by atoms with Crippen molar-refractivity contribution in [2.75, 3.05) is 13.2 Å². The van der Waals surface area contributed by atoms with Crippen molar-refractivity contribution in [3.63, 3.8) is 0 Å². The van der Waals surface area contributed by atoms with Gasteiger partial charge in [-0.15, -0.1) is 0 Å². The summed E-state index contributed by atoms with van der Waals surface area (Å²) in [5.74, 6) is -3.94. The van der Waals surface area contributed by atoms with Gasteiger partial charge in [-0.1, -0.05) is 6.92 Å². The van der Waals surface area contributed by atoms with E-state index >= 15 is 0 Å². The number of carbonyl (C=O) groups excluding carboxylic acids is 1. The number of aliphatic hydroxyl groups is 1. The molecule has 1 rings (SSSR count). The second-order valence-corrected chi connectivity index (χ2v) is 3.69. The number of hydrogen-bond acceptors (Lipinski definition) is 3. The quantitative estimate of drug-likeness (QED) is 0.788. The van der Waals surface area contributed by atoms with Crippen LogP contribution in [0.1, 0.15) is 23.1 Å². The summed E-state index contributed by atoms with van der Waals surface area (Å²) in [6.07, 6.45) is 0.661. The van der Waals surface area contributed by atoms with E-state index in [1.807, 2.05) is 6.92 Å². The predicted molar refractivity (Wildman–Crippen MR) is 57.0 cm³/mol. The Bertz CT molecular complexity index is 404. The fourth-order valence-corrected chi connectivity index (χ4v) is 1.27. The fraction of sp³-hybridized carbons (Fsp3) is 0.600. The van der Waals surface area contributed by atoms with Crippen molar-refractivity contribution in [1.82, 2.24) is 15.1 Å². The van der Waals surface area contributed by atoms with Gasteiger partial charge in [0.2, 0.25) is 0 Å². The third-order valence-electron chi connectivity index (χ3n) is 2.26. The molecule has 96 valence electrons. The smallest absolute Gasteiger partial charge is 0.287 e. The van der Waals surface area contributed by atoms with Gasteiger partial charge in [0.05, 0.1) is 12.2 Å². The van der Waals surface area contributed by atoms with Crippen LogP contribution in [0.3, 0.4) is 0 Å². The highest BCUT2D eigenvalue weighted by molar-refractivity contribution is 5.92. The van der Waals surface area contributed by atoms with Crippen LogP contribution in [0.15, 0.2) is 6.07 Å². The number of carbonyl (C=O) groups is 1. The molecule has 0 aliphatic rings. The molecular weight excluding hydrogens is 232 g/mol. The van der Waals surface area contributed by atoms with Gasteiger partial charge < -0.3 is 10.4 Å². The average Bonchev–Trinajstić information content (AvgIpc) is 2.68. The van der Waals surface area contributed by atoms with Gasteiger partial charge in [-0.3, -0.25) is 9.48 Å². The molecule has 0 aromatic carbocycles. The number of rotatable bonds is 5. The van der Waals surface area contributed by atoms with Crippen LogP contribution in [0.5, 0.6) is 0 Å². The summed E-state index contributed by atoms with van der Waals surface area (Å²) in [6, 6.07) is 1.55. The molecule has 1 aromatic rings. The first kappa shape index (κ1) is 13.6. The summed E-state index contributed by atoms with van der Waals surface area (Å²) < 4.78 is 26.8. The van der Waals surface area contributed by atoms with Crippen molar-refractivity contribution >= 4 is 5.91 Å². The Morgan fingerprint density at radius 3 is 2.76 bits per heavy atom. The zero-order chi connectivity index (χ0) is 13.1. The summed E-state index contributed by atoms with van der Waals surface area (Å²) in [6.45, 7) is -0.308. The molecule has 0 spiro atoms. The van der Waals surface area contributed by atoms with E-state index in [-0.39, 0.29) is 5.69 Å². The van der Waals surface area contributed by atoms with Gasteiger partial charge in [-0.2, -0.15) is 5.10 Å². The minimum absolute atomic E-state index is 0.218. The summed E-state index contributed by atoms with van der Waals surface area (Å²) in [5.41, 5.74) is 0.933. The lowest BCUT2D eigenvalue weighted by Crippen LogP contribution is -2.39. The van der Waals surface area contributed by atoms with Crippen LogP contribution in [0, 0.1) is 0 Å². The number of aromatic nitrogens is 2. The summed E-state index contributed by atoms with van der Waals surface area (Å²) in [5, 5.41) is 14.4. The van der Waals surface area contributed by atoms with E-state index in [2.05, 4.69) is 10.4 Å². The maximum atomic E-state index is 12.7. The Labute approximate surface area is 97.4 Å². The standard InChI is InChI=1S/C10H15F2N3O2/c1-3-7-4-8(15(2)14-7)9(17)13-5-10(11,12)6-16/h4,16H,3,5-6H2,1-2H3,(H,13,17). The third-order valence-corrected chi connectivity index (χ3v) is 2.26. The monoisotopic (exact) mass is 247 g/mol. The van der Waals surface area contributed by atoms with E-state index in [9.17, 15) is 13.6 Å². The molecule has 0 fully saturated rings. The molecule has 0 bridgehead atoms. The molecule has 0 unspecified atom stereocenters. The van der Waals surface area contributed by atoms with Gasteiger partial charge in [0.1, 0.15) is 12.3 Å². The minimum Gasteiger partial charge on any atom is -0.390 e. The number of halogens is 2. The molecule has 7 heteroatoms. The second kappa shape index (κ2) is 5.22. The maximum Gasteiger partial charge on any atom is 0.287 e.